The van der Waals surface area contributed by atoms with Crippen LogP contribution in [0.4, 0.5) is 8.78 Å². The molecule has 4 nitrogen and oxygen atoms in total. The number of ether oxygens (including phenoxy) is 1. The van der Waals surface area contributed by atoms with Crippen molar-refractivity contribution in [2.45, 2.75) is 18.6 Å². The van der Waals surface area contributed by atoms with Crippen molar-refractivity contribution >= 4 is 0 Å². The highest BCUT2D eigenvalue weighted by molar-refractivity contribution is 5.29. The molecule has 20 heavy (non-hydrogen) atoms. The first-order valence-electron chi connectivity index (χ1n) is 6.18. The van der Waals surface area contributed by atoms with Gasteiger partial charge in [0.1, 0.15) is 29.9 Å². The van der Waals surface area contributed by atoms with E-state index in [1.54, 1.807) is 4.68 Å². The fraction of sp³-hybridized carbons (Fsp3) is 0.286. The van der Waals surface area contributed by atoms with Crippen LogP contribution >= 0.6 is 0 Å². The average molecular weight is 277 g/mol. The lowest BCUT2D eigenvalue weighted by atomic mass is 9.89. The average Bonchev–Trinajstić information content (AvgIpc) is 3.00. The van der Waals surface area contributed by atoms with Crippen molar-refractivity contribution in [1.29, 1.82) is 0 Å². The standard InChI is InChI=1S/C14H13F2N3O/c1-10-5-14(20-6-10,7-19-9-17-8-18-19)12-3-2-11(15)4-13(12)16/h2-4,8-9H,1,5-7H2. The number of halogens is 2. The van der Waals surface area contributed by atoms with Crippen LogP contribution in [0.15, 0.2) is 43.0 Å². The monoisotopic (exact) mass is 277 g/mol. The molecule has 1 atom stereocenters. The van der Waals surface area contributed by atoms with Gasteiger partial charge in [0.05, 0.1) is 13.2 Å². The Kier molecular flexibility index (Phi) is 3.10. The highest BCUT2D eigenvalue weighted by Crippen LogP contribution is 2.40. The summed E-state index contributed by atoms with van der Waals surface area (Å²) in [6, 6.07) is 3.51. The second-order valence-corrected chi connectivity index (χ2v) is 4.93. The van der Waals surface area contributed by atoms with Crippen LogP contribution in [0.1, 0.15) is 12.0 Å². The van der Waals surface area contributed by atoms with Crippen LogP contribution in [0.25, 0.3) is 0 Å². The van der Waals surface area contributed by atoms with Crippen molar-refractivity contribution in [3.8, 4) is 0 Å². The predicted molar refractivity (Wildman–Crippen MR) is 67.8 cm³/mol. The largest absolute Gasteiger partial charge is 0.364 e. The van der Waals surface area contributed by atoms with Crippen LogP contribution in [0.3, 0.4) is 0 Å². The number of benzene rings is 1. The van der Waals surface area contributed by atoms with Gasteiger partial charge in [-0.05, 0) is 11.6 Å². The lowest BCUT2D eigenvalue weighted by Gasteiger charge is -2.28. The summed E-state index contributed by atoms with van der Waals surface area (Å²) >= 11 is 0. The summed E-state index contributed by atoms with van der Waals surface area (Å²) in [5.74, 6) is -1.24. The van der Waals surface area contributed by atoms with Gasteiger partial charge in [0.25, 0.3) is 0 Å². The summed E-state index contributed by atoms with van der Waals surface area (Å²) in [6.07, 6.45) is 3.40. The van der Waals surface area contributed by atoms with Gasteiger partial charge in [-0.2, -0.15) is 5.10 Å². The minimum absolute atomic E-state index is 0.300. The maximum absolute atomic E-state index is 14.1. The molecule has 1 aromatic heterocycles. The van der Waals surface area contributed by atoms with Gasteiger partial charge in [0.15, 0.2) is 0 Å². The first-order chi connectivity index (χ1) is 9.59. The zero-order valence-electron chi connectivity index (χ0n) is 10.7. The molecule has 0 spiro atoms. The summed E-state index contributed by atoms with van der Waals surface area (Å²) in [6.45, 7) is 4.54. The molecule has 0 N–H and O–H groups in total. The molecule has 6 heteroatoms. The Hall–Kier alpha value is -2.08. The van der Waals surface area contributed by atoms with Gasteiger partial charge >= 0.3 is 0 Å². The number of hydrogen-bond donors (Lipinski definition) is 0. The van der Waals surface area contributed by atoms with E-state index < -0.39 is 17.2 Å². The third kappa shape index (κ3) is 2.22. The molecule has 1 aromatic carbocycles. The summed E-state index contributed by atoms with van der Waals surface area (Å²) in [5, 5.41) is 4.02. The van der Waals surface area contributed by atoms with Crippen LogP contribution in [0.5, 0.6) is 0 Å². The molecule has 2 aromatic rings. The number of rotatable bonds is 3. The van der Waals surface area contributed by atoms with Gasteiger partial charge < -0.3 is 4.74 Å². The fourth-order valence-corrected chi connectivity index (χ4v) is 2.54. The summed E-state index contributed by atoms with van der Waals surface area (Å²) in [5.41, 5.74) is 0.268. The molecule has 1 saturated heterocycles. The third-order valence-corrected chi connectivity index (χ3v) is 3.39. The van der Waals surface area contributed by atoms with Crippen molar-refractivity contribution in [3.63, 3.8) is 0 Å². The quantitative estimate of drug-likeness (QED) is 0.809. The van der Waals surface area contributed by atoms with E-state index in [0.717, 1.165) is 11.6 Å². The Morgan fingerprint density at radius 1 is 1.40 bits per heavy atom. The molecule has 0 amide bonds. The minimum atomic E-state index is -0.914. The van der Waals surface area contributed by atoms with Gasteiger partial charge in [0.2, 0.25) is 0 Å². The molecule has 1 aliphatic rings. The summed E-state index contributed by atoms with van der Waals surface area (Å²) in [7, 11) is 0. The van der Waals surface area contributed by atoms with E-state index in [-0.39, 0.29) is 0 Å². The lowest BCUT2D eigenvalue weighted by Crippen LogP contribution is -2.32. The molecular formula is C14H13F2N3O. The minimum Gasteiger partial charge on any atom is -0.364 e. The predicted octanol–water partition coefficient (Wildman–Crippen LogP) is 2.43. The first-order valence-corrected chi connectivity index (χ1v) is 6.18. The Balaban J connectivity index is 2.03. The van der Waals surface area contributed by atoms with Crippen LogP contribution < -0.4 is 0 Å². The highest BCUT2D eigenvalue weighted by atomic mass is 19.1. The molecule has 0 saturated carbocycles. The third-order valence-electron chi connectivity index (χ3n) is 3.39. The van der Waals surface area contributed by atoms with Gasteiger partial charge in [-0.1, -0.05) is 12.6 Å². The van der Waals surface area contributed by atoms with E-state index in [1.807, 2.05) is 0 Å². The van der Waals surface area contributed by atoms with E-state index in [4.69, 9.17) is 4.74 Å². The molecule has 1 unspecified atom stereocenters. The Morgan fingerprint density at radius 3 is 2.85 bits per heavy atom. The molecule has 0 aliphatic carbocycles. The highest BCUT2D eigenvalue weighted by Gasteiger charge is 2.41. The van der Waals surface area contributed by atoms with Crippen molar-refractivity contribution in [1.82, 2.24) is 14.8 Å². The Morgan fingerprint density at radius 2 is 2.25 bits per heavy atom. The summed E-state index contributed by atoms with van der Waals surface area (Å²) < 4.78 is 34.5. The second kappa shape index (κ2) is 4.79. The number of hydrogen-bond acceptors (Lipinski definition) is 3. The Labute approximate surface area is 114 Å². The first kappa shape index (κ1) is 12.9. The number of aromatic nitrogens is 3. The lowest BCUT2D eigenvalue weighted by molar-refractivity contribution is -0.0193. The maximum atomic E-state index is 14.1. The normalized spacial score (nSPS) is 22.4. The van der Waals surface area contributed by atoms with Gasteiger partial charge in [-0.3, -0.25) is 0 Å². The van der Waals surface area contributed by atoms with Crippen LogP contribution in [0.2, 0.25) is 0 Å². The number of nitrogens with zero attached hydrogens (tertiary/aromatic N) is 3. The van der Waals surface area contributed by atoms with E-state index in [2.05, 4.69) is 16.7 Å². The Bertz CT molecular complexity index is 642. The van der Waals surface area contributed by atoms with Crippen LogP contribution in [0, 0.1) is 11.6 Å². The van der Waals surface area contributed by atoms with Crippen molar-refractivity contribution in [3.05, 3.63) is 60.2 Å². The molecule has 3 rings (SSSR count). The fourth-order valence-electron chi connectivity index (χ4n) is 2.54. The van der Waals surface area contributed by atoms with Crippen molar-refractivity contribution < 1.29 is 13.5 Å². The van der Waals surface area contributed by atoms with Crippen LogP contribution in [-0.4, -0.2) is 21.4 Å². The molecule has 2 heterocycles. The second-order valence-electron chi connectivity index (χ2n) is 4.93. The SMILES string of the molecule is C=C1COC(Cn2cncn2)(c2ccc(F)cc2F)C1. The van der Waals surface area contributed by atoms with Crippen LogP contribution in [-0.2, 0) is 16.9 Å². The van der Waals surface area contributed by atoms with E-state index in [9.17, 15) is 8.78 Å². The zero-order valence-corrected chi connectivity index (χ0v) is 10.7. The maximum Gasteiger partial charge on any atom is 0.137 e. The van der Waals surface area contributed by atoms with Crippen molar-refractivity contribution in [2.24, 2.45) is 0 Å². The molecular weight excluding hydrogens is 264 g/mol. The molecule has 1 aliphatic heterocycles. The van der Waals surface area contributed by atoms with Crippen molar-refractivity contribution in [2.75, 3.05) is 6.61 Å². The topological polar surface area (TPSA) is 39.9 Å². The summed E-state index contributed by atoms with van der Waals surface area (Å²) in [4.78, 5) is 3.86. The van der Waals surface area contributed by atoms with E-state index in [1.165, 1.54) is 24.8 Å². The molecule has 1 fully saturated rings. The zero-order chi connectivity index (χ0) is 14.2. The molecule has 0 bridgehead atoms. The molecule has 0 radical (unpaired) electrons. The van der Waals surface area contributed by atoms with Gasteiger partial charge in [-0.15, -0.1) is 0 Å². The molecule has 104 valence electrons. The van der Waals surface area contributed by atoms with Gasteiger partial charge in [-0.25, -0.2) is 18.4 Å². The van der Waals surface area contributed by atoms with E-state index in [0.29, 0.717) is 25.1 Å². The van der Waals surface area contributed by atoms with E-state index >= 15 is 0 Å². The van der Waals surface area contributed by atoms with Gasteiger partial charge in [0, 0.05) is 18.1 Å². The smallest absolute Gasteiger partial charge is 0.137 e.